The number of aromatic nitrogens is 4. The standard InChI is InChI=1S/C14H14BrN5O2/c1-3-22-13(21)11-8(2)16-14-17-18-19-20(14)12(11)9-4-6-10(15)7-5-9/h4-7,11-12H,3H2,1-2H3. The van der Waals surface area contributed by atoms with Crippen LogP contribution in [0.25, 0.3) is 0 Å². The Balaban J connectivity index is 2.10. The molecule has 1 aliphatic rings. The molecule has 3 rings (SSSR count). The highest BCUT2D eigenvalue weighted by molar-refractivity contribution is 9.10. The van der Waals surface area contributed by atoms with Crippen molar-refractivity contribution in [3.63, 3.8) is 0 Å². The number of carbonyl (C=O) groups is 1. The average molecular weight is 364 g/mol. The molecule has 114 valence electrons. The molecule has 22 heavy (non-hydrogen) atoms. The summed E-state index contributed by atoms with van der Waals surface area (Å²) in [6.45, 7) is 3.90. The molecule has 0 amide bonds. The van der Waals surface area contributed by atoms with Gasteiger partial charge in [0.15, 0.2) is 0 Å². The van der Waals surface area contributed by atoms with Gasteiger partial charge in [-0.25, -0.2) is 9.67 Å². The summed E-state index contributed by atoms with van der Waals surface area (Å²) >= 11 is 3.41. The number of aliphatic imine (C=N–C) groups is 1. The summed E-state index contributed by atoms with van der Waals surface area (Å²) in [5.41, 5.74) is 1.57. The van der Waals surface area contributed by atoms with E-state index in [-0.39, 0.29) is 12.0 Å². The molecule has 2 atom stereocenters. The molecule has 0 saturated heterocycles. The van der Waals surface area contributed by atoms with Crippen LogP contribution >= 0.6 is 15.9 Å². The van der Waals surface area contributed by atoms with Crippen LogP contribution in [-0.2, 0) is 9.53 Å². The number of ether oxygens (including phenoxy) is 1. The Morgan fingerprint density at radius 3 is 2.77 bits per heavy atom. The van der Waals surface area contributed by atoms with Gasteiger partial charge < -0.3 is 4.74 Å². The topological polar surface area (TPSA) is 82.3 Å². The number of tetrazole rings is 1. The molecule has 2 heterocycles. The Bertz CT molecular complexity index is 725. The van der Waals surface area contributed by atoms with Crippen molar-refractivity contribution in [2.75, 3.05) is 6.61 Å². The molecule has 2 aromatic rings. The highest BCUT2D eigenvalue weighted by Gasteiger charge is 2.40. The maximum Gasteiger partial charge on any atom is 0.317 e. The lowest BCUT2D eigenvalue weighted by molar-refractivity contribution is -0.146. The van der Waals surface area contributed by atoms with Crippen molar-refractivity contribution in [2.45, 2.75) is 19.9 Å². The first-order chi connectivity index (χ1) is 10.6. The summed E-state index contributed by atoms with van der Waals surface area (Å²) in [5.74, 6) is -0.471. The molecule has 0 aliphatic carbocycles. The third-order valence-electron chi connectivity index (χ3n) is 3.53. The van der Waals surface area contributed by atoms with Gasteiger partial charge in [-0.1, -0.05) is 33.2 Å². The summed E-state index contributed by atoms with van der Waals surface area (Å²) in [4.78, 5) is 16.7. The van der Waals surface area contributed by atoms with Crippen LogP contribution in [0.1, 0.15) is 25.5 Å². The number of rotatable bonds is 3. The summed E-state index contributed by atoms with van der Waals surface area (Å²) in [5, 5.41) is 11.6. The minimum atomic E-state index is -0.544. The van der Waals surface area contributed by atoms with Gasteiger partial charge in [0.1, 0.15) is 12.0 Å². The molecule has 2 unspecified atom stereocenters. The second-order valence-corrected chi connectivity index (χ2v) is 5.82. The zero-order valence-electron chi connectivity index (χ0n) is 12.1. The molecule has 1 aromatic carbocycles. The van der Waals surface area contributed by atoms with E-state index in [1.54, 1.807) is 18.5 Å². The second kappa shape index (κ2) is 5.96. The lowest BCUT2D eigenvalue weighted by Gasteiger charge is -2.29. The fourth-order valence-electron chi connectivity index (χ4n) is 2.56. The normalized spacial score (nSPS) is 20.2. The zero-order chi connectivity index (χ0) is 15.7. The van der Waals surface area contributed by atoms with Crippen LogP contribution < -0.4 is 0 Å². The first kappa shape index (κ1) is 14.8. The summed E-state index contributed by atoms with van der Waals surface area (Å²) in [7, 11) is 0. The predicted molar refractivity (Wildman–Crippen MR) is 83.0 cm³/mol. The molecule has 8 heteroatoms. The molecular weight excluding hydrogens is 350 g/mol. The minimum Gasteiger partial charge on any atom is -0.465 e. The van der Waals surface area contributed by atoms with Crippen LogP contribution in [0, 0.1) is 5.92 Å². The van der Waals surface area contributed by atoms with Gasteiger partial charge in [0, 0.05) is 10.2 Å². The maximum absolute atomic E-state index is 12.4. The smallest absolute Gasteiger partial charge is 0.317 e. The Hall–Kier alpha value is -2.09. The first-order valence-electron chi connectivity index (χ1n) is 6.87. The fourth-order valence-corrected chi connectivity index (χ4v) is 2.83. The van der Waals surface area contributed by atoms with E-state index in [0.717, 1.165) is 10.0 Å². The van der Waals surface area contributed by atoms with Crippen molar-refractivity contribution in [1.29, 1.82) is 0 Å². The van der Waals surface area contributed by atoms with Crippen LogP contribution in [0.15, 0.2) is 33.7 Å². The summed E-state index contributed by atoms with van der Waals surface area (Å²) in [6.07, 6.45) is 0. The van der Waals surface area contributed by atoms with Crippen molar-refractivity contribution in [2.24, 2.45) is 10.9 Å². The van der Waals surface area contributed by atoms with E-state index in [0.29, 0.717) is 18.3 Å². The van der Waals surface area contributed by atoms with Gasteiger partial charge >= 0.3 is 5.97 Å². The number of hydrogen-bond donors (Lipinski definition) is 0. The van der Waals surface area contributed by atoms with Crippen molar-refractivity contribution < 1.29 is 9.53 Å². The second-order valence-electron chi connectivity index (χ2n) is 4.90. The molecule has 0 bridgehead atoms. The van der Waals surface area contributed by atoms with Crippen LogP contribution in [0.5, 0.6) is 0 Å². The molecule has 0 fully saturated rings. The molecule has 0 radical (unpaired) electrons. The lowest BCUT2D eigenvalue weighted by Crippen LogP contribution is -2.37. The number of nitrogens with zero attached hydrogens (tertiary/aromatic N) is 5. The Morgan fingerprint density at radius 1 is 1.36 bits per heavy atom. The van der Waals surface area contributed by atoms with Gasteiger partial charge in [-0.05, 0) is 42.0 Å². The highest BCUT2D eigenvalue weighted by atomic mass is 79.9. The molecule has 7 nitrogen and oxygen atoms in total. The van der Waals surface area contributed by atoms with E-state index in [2.05, 4.69) is 36.4 Å². The van der Waals surface area contributed by atoms with E-state index in [4.69, 9.17) is 4.74 Å². The Morgan fingerprint density at radius 2 is 2.09 bits per heavy atom. The van der Waals surface area contributed by atoms with Crippen LogP contribution in [0.2, 0.25) is 0 Å². The summed E-state index contributed by atoms with van der Waals surface area (Å²) < 4.78 is 7.74. The quantitative estimate of drug-likeness (QED) is 0.781. The zero-order valence-corrected chi connectivity index (χ0v) is 13.7. The number of fused-ring (bicyclic) bond motifs is 1. The molecule has 1 aliphatic heterocycles. The summed E-state index contributed by atoms with van der Waals surface area (Å²) in [6, 6.07) is 7.34. The lowest BCUT2D eigenvalue weighted by atomic mass is 9.88. The van der Waals surface area contributed by atoms with Gasteiger partial charge in [-0.2, -0.15) is 0 Å². The molecular formula is C14H14BrN5O2. The molecule has 1 aromatic heterocycles. The number of esters is 1. The van der Waals surface area contributed by atoms with E-state index in [1.807, 2.05) is 24.3 Å². The Labute approximate surface area is 135 Å². The maximum atomic E-state index is 12.4. The SMILES string of the molecule is CCOC(=O)C1C(C)=Nc2nnnn2C1c1ccc(Br)cc1. The fraction of sp³-hybridized carbons (Fsp3) is 0.357. The van der Waals surface area contributed by atoms with Gasteiger partial charge in [0.25, 0.3) is 5.95 Å². The number of carbonyl (C=O) groups excluding carboxylic acids is 1. The van der Waals surface area contributed by atoms with Crippen LogP contribution in [0.3, 0.4) is 0 Å². The largest absolute Gasteiger partial charge is 0.465 e. The van der Waals surface area contributed by atoms with E-state index in [9.17, 15) is 4.79 Å². The number of halogens is 1. The van der Waals surface area contributed by atoms with Crippen molar-refractivity contribution in [3.05, 3.63) is 34.3 Å². The molecule has 0 spiro atoms. The van der Waals surface area contributed by atoms with Gasteiger partial charge in [-0.15, -0.1) is 0 Å². The van der Waals surface area contributed by atoms with Crippen molar-refractivity contribution in [1.82, 2.24) is 20.2 Å². The minimum absolute atomic E-state index is 0.318. The Kier molecular flexibility index (Phi) is 4.02. The third-order valence-corrected chi connectivity index (χ3v) is 4.06. The number of hydrogen-bond acceptors (Lipinski definition) is 6. The van der Waals surface area contributed by atoms with Gasteiger partial charge in [-0.3, -0.25) is 4.79 Å². The van der Waals surface area contributed by atoms with Gasteiger partial charge in [0.05, 0.1) is 6.61 Å². The highest BCUT2D eigenvalue weighted by Crippen LogP contribution is 2.35. The monoisotopic (exact) mass is 363 g/mol. The molecule has 0 N–H and O–H groups in total. The molecule has 0 saturated carbocycles. The third kappa shape index (κ3) is 2.54. The van der Waals surface area contributed by atoms with E-state index in [1.165, 1.54) is 0 Å². The van der Waals surface area contributed by atoms with Crippen LogP contribution in [-0.4, -0.2) is 38.5 Å². The number of benzene rings is 1. The van der Waals surface area contributed by atoms with Crippen LogP contribution in [0.4, 0.5) is 5.95 Å². The van der Waals surface area contributed by atoms with Gasteiger partial charge in [0.2, 0.25) is 0 Å². The van der Waals surface area contributed by atoms with Crippen molar-refractivity contribution >= 4 is 33.6 Å². The van der Waals surface area contributed by atoms with E-state index < -0.39 is 5.92 Å². The van der Waals surface area contributed by atoms with E-state index >= 15 is 0 Å². The first-order valence-corrected chi connectivity index (χ1v) is 7.66. The average Bonchev–Trinajstić information content (AvgIpc) is 2.94. The van der Waals surface area contributed by atoms with Crippen molar-refractivity contribution in [3.8, 4) is 0 Å². The predicted octanol–water partition coefficient (Wildman–Crippen LogP) is 2.31.